The number of aromatic nitrogens is 1. The minimum Gasteiger partial charge on any atom is -0.495 e. The van der Waals surface area contributed by atoms with Gasteiger partial charge in [0.1, 0.15) is 5.75 Å². The number of anilines is 1. The van der Waals surface area contributed by atoms with E-state index in [1.165, 1.54) is 0 Å². The Labute approximate surface area is 147 Å². The van der Waals surface area contributed by atoms with Crippen molar-refractivity contribution < 1.29 is 4.74 Å². The highest BCUT2D eigenvalue weighted by Crippen LogP contribution is 2.30. The quantitative estimate of drug-likeness (QED) is 0.489. The molecule has 0 amide bonds. The Balaban J connectivity index is 2.03. The van der Waals surface area contributed by atoms with Crippen molar-refractivity contribution in [2.75, 3.05) is 12.4 Å². The van der Waals surface area contributed by atoms with Gasteiger partial charge in [-0.05, 0) is 29.8 Å². The SMILES string of the molecule is COc1ccccc1NC(N)=NCc1ccnc(SC(C)(C)C)c1. The standard InChI is InChI=1S/C18H24N4OS/c1-18(2,3)24-16-11-13(9-10-20-16)12-21-17(19)22-14-7-5-6-8-15(14)23-4/h5-11H,12H2,1-4H3,(H3,19,21,22). The second kappa shape index (κ2) is 8.06. The van der Waals surface area contributed by atoms with E-state index in [0.29, 0.717) is 12.5 Å². The number of rotatable bonds is 5. The van der Waals surface area contributed by atoms with Crippen molar-refractivity contribution in [3.05, 3.63) is 48.2 Å². The summed E-state index contributed by atoms with van der Waals surface area (Å²) in [5.41, 5.74) is 7.84. The van der Waals surface area contributed by atoms with Crippen LogP contribution in [0.1, 0.15) is 26.3 Å². The minimum absolute atomic E-state index is 0.124. The van der Waals surface area contributed by atoms with Gasteiger partial charge in [-0.2, -0.15) is 0 Å². The Kier molecular flexibility index (Phi) is 6.09. The molecule has 0 atom stereocenters. The number of hydrogen-bond acceptors (Lipinski definition) is 4. The van der Waals surface area contributed by atoms with E-state index in [1.807, 2.05) is 36.5 Å². The Bertz CT molecular complexity index is 710. The predicted molar refractivity (Wildman–Crippen MR) is 102 cm³/mol. The number of pyridine rings is 1. The molecule has 1 heterocycles. The average molecular weight is 344 g/mol. The molecule has 24 heavy (non-hydrogen) atoms. The molecule has 0 radical (unpaired) electrons. The smallest absolute Gasteiger partial charge is 0.193 e. The molecule has 0 saturated heterocycles. The highest BCUT2D eigenvalue weighted by Gasteiger charge is 2.13. The van der Waals surface area contributed by atoms with Crippen LogP contribution in [0, 0.1) is 0 Å². The van der Waals surface area contributed by atoms with Crippen molar-refractivity contribution >= 4 is 23.4 Å². The topological polar surface area (TPSA) is 72.5 Å². The maximum Gasteiger partial charge on any atom is 0.193 e. The molecule has 2 aromatic rings. The lowest BCUT2D eigenvalue weighted by Crippen LogP contribution is -2.22. The molecule has 0 bridgehead atoms. The van der Waals surface area contributed by atoms with Gasteiger partial charge >= 0.3 is 0 Å². The van der Waals surface area contributed by atoms with Crippen molar-refractivity contribution in [3.8, 4) is 5.75 Å². The molecule has 0 spiro atoms. The molecule has 0 fully saturated rings. The number of ether oxygens (including phenoxy) is 1. The highest BCUT2D eigenvalue weighted by atomic mass is 32.2. The zero-order valence-corrected chi connectivity index (χ0v) is 15.4. The van der Waals surface area contributed by atoms with Crippen LogP contribution in [0.3, 0.4) is 0 Å². The molecular formula is C18H24N4OS. The molecule has 3 N–H and O–H groups in total. The van der Waals surface area contributed by atoms with Crippen LogP contribution in [-0.4, -0.2) is 22.8 Å². The predicted octanol–water partition coefficient (Wildman–Crippen LogP) is 3.91. The van der Waals surface area contributed by atoms with Gasteiger partial charge in [-0.3, -0.25) is 0 Å². The van der Waals surface area contributed by atoms with Gasteiger partial charge in [0.2, 0.25) is 0 Å². The van der Waals surface area contributed by atoms with Crippen molar-refractivity contribution in [1.82, 2.24) is 4.98 Å². The van der Waals surface area contributed by atoms with Gasteiger partial charge in [0.15, 0.2) is 5.96 Å². The average Bonchev–Trinajstić information content (AvgIpc) is 2.52. The number of methoxy groups -OCH3 is 1. The lowest BCUT2D eigenvalue weighted by molar-refractivity contribution is 0.417. The fourth-order valence-electron chi connectivity index (χ4n) is 2.02. The fourth-order valence-corrected chi connectivity index (χ4v) is 2.97. The van der Waals surface area contributed by atoms with E-state index in [2.05, 4.69) is 42.1 Å². The summed E-state index contributed by atoms with van der Waals surface area (Å²) >= 11 is 1.73. The van der Waals surface area contributed by atoms with Gasteiger partial charge in [-0.25, -0.2) is 9.98 Å². The summed E-state index contributed by atoms with van der Waals surface area (Å²) in [5.74, 6) is 1.07. The number of nitrogens with one attached hydrogen (secondary N) is 1. The van der Waals surface area contributed by atoms with E-state index in [0.717, 1.165) is 22.0 Å². The molecular weight excluding hydrogens is 320 g/mol. The molecule has 2 rings (SSSR count). The first kappa shape index (κ1) is 18.1. The number of thioether (sulfide) groups is 1. The largest absolute Gasteiger partial charge is 0.495 e. The highest BCUT2D eigenvalue weighted by molar-refractivity contribution is 8.00. The molecule has 0 saturated carbocycles. The van der Waals surface area contributed by atoms with Crippen molar-refractivity contribution in [3.63, 3.8) is 0 Å². The van der Waals surface area contributed by atoms with Crippen molar-refractivity contribution in [1.29, 1.82) is 0 Å². The van der Waals surface area contributed by atoms with Crippen LogP contribution < -0.4 is 15.8 Å². The van der Waals surface area contributed by atoms with E-state index in [1.54, 1.807) is 18.9 Å². The summed E-state index contributed by atoms with van der Waals surface area (Å²) in [7, 11) is 1.62. The zero-order valence-electron chi connectivity index (χ0n) is 14.5. The van der Waals surface area contributed by atoms with Gasteiger partial charge in [0, 0.05) is 10.9 Å². The Hall–Kier alpha value is -2.21. The number of para-hydroxylation sites is 2. The second-order valence-electron chi connectivity index (χ2n) is 6.24. The maximum absolute atomic E-state index is 5.98. The monoisotopic (exact) mass is 344 g/mol. The third-order valence-electron chi connectivity index (χ3n) is 3.01. The van der Waals surface area contributed by atoms with Crippen LogP contribution in [0.25, 0.3) is 0 Å². The van der Waals surface area contributed by atoms with E-state index in [-0.39, 0.29) is 4.75 Å². The van der Waals surface area contributed by atoms with Gasteiger partial charge in [0.25, 0.3) is 0 Å². The van der Waals surface area contributed by atoms with Crippen LogP contribution in [0.5, 0.6) is 5.75 Å². The Morgan fingerprint density at radius 2 is 2.04 bits per heavy atom. The Morgan fingerprint density at radius 3 is 2.75 bits per heavy atom. The van der Waals surface area contributed by atoms with E-state index < -0.39 is 0 Å². The molecule has 0 unspecified atom stereocenters. The molecule has 1 aromatic carbocycles. The van der Waals surface area contributed by atoms with Crippen LogP contribution in [0.2, 0.25) is 0 Å². The number of guanidine groups is 1. The minimum atomic E-state index is 0.124. The molecule has 5 nitrogen and oxygen atoms in total. The Morgan fingerprint density at radius 1 is 1.29 bits per heavy atom. The zero-order chi connectivity index (χ0) is 17.6. The first-order chi connectivity index (χ1) is 11.4. The summed E-state index contributed by atoms with van der Waals surface area (Å²) in [6.07, 6.45) is 1.81. The van der Waals surface area contributed by atoms with Crippen molar-refractivity contribution in [2.45, 2.75) is 37.1 Å². The third kappa shape index (κ3) is 5.77. The molecule has 6 heteroatoms. The molecule has 0 aliphatic rings. The first-order valence-corrected chi connectivity index (χ1v) is 8.53. The van der Waals surface area contributed by atoms with Gasteiger partial charge in [0.05, 0.1) is 24.4 Å². The summed E-state index contributed by atoms with van der Waals surface area (Å²) in [5, 5.41) is 4.06. The summed E-state index contributed by atoms with van der Waals surface area (Å²) in [4.78, 5) is 8.79. The molecule has 0 aliphatic heterocycles. The lowest BCUT2D eigenvalue weighted by atomic mass is 10.3. The lowest BCUT2D eigenvalue weighted by Gasteiger charge is -2.16. The molecule has 128 valence electrons. The number of hydrogen-bond donors (Lipinski definition) is 2. The summed E-state index contributed by atoms with van der Waals surface area (Å²) < 4.78 is 5.41. The molecule has 1 aromatic heterocycles. The number of nitrogens with two attached hydrogens (primary N) is 1. The van der Waals surface area contributed by atoms with Crippen molar-refractivity contribution in [2.24, 2.45) is 10.7 Å². The van der Waals surface area contributed by atoms with E-state index >= 15 is 0 Å². The maximum atomic E-state index is 5.98. The number of nitrogens with zero attached hydrogens (tertiary/aromatic N) is 2. The normalized spacial score (nSPS) is 12.1. The van der Waals surface area contributed by atoms with Crippen LogP contribution in [0.4, 0.5) is 5.69 Å². The summed E-state index contributed by atoms with van der Waals surface area (Å²) in [6, 6.07) is 11.6. The first-order valence-electron chi connectivity index (χ1n) is 7.71. The van der Waals surface area contributed by atoms with Crippen LogP contribution in [0.15, 0.2) is 52.6 Å². The van der Waals surface area contributed by atoms with E-state index in [4.69, 9.17) is 10.5 Å². The molecule has 0 aliphatic carbocycles. The number of benzene rings is 1. The van der Waals surface area contributed by atoms with Gasteiger partial charge in [-0.1, -0.05) is 32.9 Å². The van der Waals surface area contributed by atoms with Gasteiger partial charge in [-0.15, -0.1) is 11.8 Å². The van der Waals surface area contributed by atoms with E-state index in [9.17, 15) is 0 Å². The fraction of sp³-hybridized carbons (Fsp3) is 0.333. The van der Waals surface area contributed by atoms with Crippen LogP contribution in [-0.2, 0) is 6.54 Å². The van der Waals surface area contributed by atoms with Crippen LogP contribution >= 0.6 is 11.8 Å². The number of aliphatic imine (C=N–C) groups is 1. The second-order valence-corrected chi connectivity index (χ2v) is 8.09. The summed E-state index contributed by atoms with van der Waals surface area (Å²) in [6.45, 7) is 6.99. The third-order valence-corrected chi connectivity index (χ3v) is 4.06. The van der Waals surface area contributed by atoms with Gasteiger partial charge < -0.3 is 15.8 Å².